The highest BCUT2D eigenvalue weighted by Crippen LogP contribution is 2.22. The van der Waals surface area contributed by atoms with Gasteiger partial charge in [0.2, 0.25) is 0 Å². The van der Waals surface area contributed by atoms with Gasteiger partial charge in [-0.3, -0.25) is 9.00 Å². The van der Waals surface area contributed by atoms with E-state index in [1.54, 1.807) is 25.3 Å². The second-order valence-electron chi connectivity index (χ2n) is 4.58. The van der Waals surface area contributed by atoms with Gasteiger partial charge < -0.3 is 4.74 Å². The lowest BCUT2D eigenvalue weighted by Gasteiger charge is -2.09. The molecule has 1 unspecified atom stereocenters. The van der Waals surface area contributed by atoms with Crippen LogP contribution in [0.3, 0.4) is 0 Å². The van der Waals surface area contributed by atoms with Gasteiger partial charge in [0.1, 0.15) is 5.75 Å². The first-order valence-electron chi connectivity index (χ1n) is 6.61. The van der Waals surface area contributed by atoms with E-state index in [9.17, 15) is 9.00 Å². The van der Waals surface area contributed by atoms with Crippen LogP contribution in [0.2, 0.25) is 0 Å². The smallest absolute Gasteiger partial charge is 0.159 e. The molecule has 0 heterocycles. The van der Waals surface area contributed by atoms with Crippen LogP contribution in [0.25, 0.3) is 0 Å². The maximum absolute atomic E-state index is 12.0. The molecule has 0 N–H and O–H groups in total. The molecule has 0 spiro atoms. The monoisotopic (exact) mass is 282 g/mol. The number of hydrogen-bond donors (Lipinski definition) is 0. The minimum atomic E-state index is -0.897. The van der Waals surface area contributed by atoms with Gasteiger partial charge in [-0.2, -0.15) is 0 Å². The summed E-state index contributed by atoms with van der Waals surface area (Å²) in [5, 5.41) is 0. The Morgan fingerprint density at radius 1 is 1.32 bits per heavy atom. The van der Waals surface area contributed by atoms with Crippen molar-refractivity contribution in [2.45, 2.75) is 38.9 Å². The molecule has 0 amide bonds. The van der Waals surface area contributed by atoms with Gasteiger partial charge in [0.15, 0.2) is 5.78 Å². The van der Waals surface area contributed by atoms with Crippen molar-refractivity contribution in [3.8, 4) is 5.75 Å². The van der Waals surface area contributed by atoms with E-state index < -0.39 is 10.8 Å². The van der Waals surface area contributed by atoms with Crippen LogP contribution in [-0.4, -0.2) is 22.9 Å². The Morgan fingerprint density at radius 3 is 2.63 bits per heavy atom. The third kappa shape index (κ3) is 5.15. The molecule has 1 rings (SSSR count). The number of ether oxygens (including phenoxy) is 1. The summed E-state index contributed by atoms with van der Waals surface area (Å²) < 4.78 is 17.3. The standard InChI is InChI=1S/C15H22O3S/c1-4-5-6-9-19(17)11-14-10-13(12(2)16)7-8-15(14)18-3/h7-8,10H,4-6,9,11H2,1-3H3. The number of Topliss-reactive ketones (excluding diaryl/α,β-unsaturated/α-hetero) is 1. The highest BCUT2D eigenvalue weighted by atomic mass is 32.2. The van der Waals surface area contributed by atoms with E-state index in [0.717, 1.165) is 24.8 Å². The number of carbonyl (C=O) groups is 1. The van der Waals surface area contributed by atoms with Gasteiger partial charge in [-0.25, -0.2) is 0 Å². The highest BCUT2D eigenvalue weighted by molar-refractivity contribution is 7.84. The Balaban J connectivity index is 2.77. The summed E-state index contributed by atoms with van der Waals surface area (Å²) in [5.41, 5.74) is 1.49. The Kier molecular flexibility index (Phi) is 6.78. The lowest BCUT2D eigenvalue weighted by Crippen LogP contribution is -2.04. The SMILES string of the molecule is CCCCCS(=O)Cc1cc(C(C)=O)ccc1OC. The van der Waals surface area contributed by atoms with Crippen LogP contribution in [0.1, 0.15) is 49.0 Å². The van der Waals surface area contributed by atoms with Crippen molar-refractivity contribution in [1.82, 2.24) is 0 Å². The zero-order chi connectivity index (χ0) is 14.3. The number of carbonyl (C=O) groups excluding carboxylic acids is 1. The number of rotatable bonds is 8. The van der Waals surface area contributed by atoms with Crippen LogP contribution >= 0.6 is 0 Å². The fourth-order valence-corrected chi connectivity index (χ4v) is 3.11. The van der Waals surface area contributed by atoms with E-state index in [-0.39, 0.29) is 5.78 Å². The van der Waals surface area contributed by atoms with E-state index in [2.05, 4.69) is 6.92 Å². The minimum absolute atomic E-state index is 0.0145. The van der Waals surface area contributed by atoms with Gasteiger partial charge in [-0.15, -0.1) is 0 Å². The second kappa shape index (κ2) is 8.10. The van der Waals surface area contributed by atoms with E-state index in [1.807, 2.05) is 0 Å². The van der Waals surface area contributed by atoms with E-state index in [0.29, 0.717) is 22.8 Å². The number of benzene rings is 1. The quantitative estimate of drug-likeness (QED) is 0.542. The van der Waals surface area contributed by atoms with Gasteiger partial charge in [0.25, 0.3) is 0 Å². The molecule has 19 heavy (non-hydrogen) atoms. The predicted octanol–water partition coefficient (Wildman–Crippen LogP) is 3.34. The molecule has 1 atom stereocenters. The van der Waals surface area contributed by atoms with Gasteiger partial charge in [-0.1, -0.05) is 19.8 Å². The number of ketones is 1. The molecule has 3 nitrogen and oxygen atoms in total. The average Bonchev–Trinajstić information content (AvgIpc) is 2.38. The van der Waals surface area contributed by atoms with Crippen molar-refractivity contribution in [2.75, 3.05) is 12.9 Å². The molecular weight excluding hydrogens is 260 g/mol. The molecule has 0 aromatic heterocycles. The third-order valence-electron chi connectivity index (χ3n) is 2.98. The van der Waals surface area contributed by atoms with Gasteiger partial charge >= 0.3 is 0 Å². The summed E-state index contributed by atoms with van der Waals surface area (Å²) in [7, 11) is 0.692. The lowest BCUT2D eigenvalue weighted by molar-refractivity contribution is 0.101. The molecule has 0 bridgehead atoms. The Hall–Kier alpha value is -1.16. The van der Waals surface area contributed by atoms with Gasteiger partial charge in [0.05, 0.1) is 12.9 Å². The predicted molar refractivity (Wildman–Crippen MR) is 79.2 cm³/mol. The molecule has 0 fully saturated rings. The van der Waals surface area contributed by atoms with Crippen LogP contribution in [0, 0.1) is 0 Å². The first kappa shape index (κ1) is 15.9. The van der Waals surface area contributed by atoms with Crippen LogP contribution in [-0.2, 0) is 16.6 Å². The maximum Gasteiger partial charge on any atom is 0.159 e. The molecule has 0 saturated carbocycles. The lowest BCUT2D eigenvalue weighted by atomic mass is 10.1. The average molecular weight is 282 g/mol. The Bertz CT molecular complexity index is 455. The van der Waals surface area contributed by atoms with Crippen molar-refractivity contribution in [1.29, 1.82) is 0 Å². The molecule has 0 radical (unpaired) electrons. The summed E-state index contributed by atoms with van der Waals surface area (Å²) in [4.78, 5) is 11.4. The molecule has 0 aliphatic rings. The summed E-state index contributed by atoms with van der Waals surface area (Å²) in [6.07, 6.45) is 3.22. The van der Waals surface area contributed by atoms with Crippen LogP contribution in [0.4, 0.5) is 0 Å². The van der Waals surface area contributed by atoms with Crippen molar-refractivity contribution >= 4 is 16.6 Å². The van der Waals surface area contributed by atoms with Crippen molar-refractivity contribution in [3.05, 3.63) is 29.3 Å². The number of unbranched alkanes of at least 4 members (excludes halogenated alkanes) is 2. The molecule has 0 aliphatic carbocycles. The highest BCUT2D eigenvalue weighted by Gasteiger charge is 2.10. The fourth-order valence-electron chi connectivity index (χ4n) is 1.87. The topological polar surface area (TPSA) is 43.4 Å². The van der Waals surface area contributed by atoms with Gasteiger partial charge in [0, 0.05) is 27.7 Å². The third-order valence-corrected chi connectivity index (χ3v) is 4.36. The molecular formula is C15H22O3S. The van der Waals surface area contributed by atoms with E-state index in [1.165, 1.54) is 6.92 Å². The van der Waals surface area contributed by atoms with Crippen molar-refractivity contribution in [3.63, 3.8) is 0 Å². The summed E-state index contributed by atoms with van der Waals surface area (Å²) in [5.74, 6) is 1.88. The number of methoxy groups -OCH3 is 1. The maximum atomic E-state index is 12.0. The number of hydrogen-bond acceptors (Lipinski definition) is 3. The first-order valence-corrected chi connectivity index (χ1v) is 8.10. The molecule has 0 aliphatic heterocycles. The Labute approximate surface area is 117 Å². The summed E-state index contributed by atoms with van der Waals surface area (Å²) >= 11 is 0. The van der Waals surface area contributed by atoms with Crippen molar-refractivity contribution in [2.24, 2.45) is 0 Å². The second-order valence-corrected chi connectivity index (χ2v) is 6.15. The normalized spacial score (nSPS) is 12.2. The van der Waals surface area contributed by atoms with Gasteiger partial charge in [-0.05, 0) is 31.5 Å². The van der Waals surface area contributed by atoms with Crippen LogP contribution in [0.5, 0.6) is 5.75 Å². The summed E-state index contributed by atoms with van der Waals surface area (Å²) in [6.45, 7) is 3.66. The van der Waals surface area contributed by atoms with E-state index in [4.69, 9.17) is 4.74 Å². The van der Waals surface area contributed by atoms with Crippen LogP contribution in [0.15, 0.2) is 18.2 Å². The Morgan fingerprint density at radius 2 is 2.05 bits per heavy atom. The largest absolute Gasteiger partial charge is 0.496 e. The molecule has 0 saturated heterocycles. The zero-order valence-corrected chi connectivity index (χ0v) is 12.7. The molecule has 106 valence electrons. The molecule has 4 heteroatoms. The molecule has 1 aromatic rings. The van der Waals surface area contributed by atoms with E-state index >= 15 is 0 Å². The van der Waals surface area contributed by atoms with Crippen LogP contribution < -0.4 is 4.74 Å². The fraction of sp³-hybridized carbons (Fsp3) is 0.533. The summed E-state index contributed by atoms with van der Waals surface area (Å²) in [6, 6.07) is 5.30. The molecule has 1 aromatic carbocycles. The zero-order valence-electron chi connectivity index (χ0n) is 11.9. The van der Waals surface area contributed by atoms with Crippen molar-refractivity contribution < 1.29 is 13.7 Å². The first-order chi connectivity index (χ1) is 9.08. The minimum Gasteiger partial charge on any atom is -0.496 e.